The maximum atomic E-state index is 11.1. The molecular weight excluding hydrogens is 266 g/mol. The Morgan fingerprint density at radius 1 is 1.24 bits per heavy atom. The van der Waals surface area contributed by atoms with E-state index in [1.54, 1.807) is 12.1 Å². The van der Waals surface area contributed by atoms with Crippen molar-refractivity contribution >= 4 is 22.3 Å². The summed E-state index contributed by atoms with van der Waals surface area (Å²) in [6, 6.07) is 13.2. The maximum absolute atomic E-state index is 11.1. The van der Waals surface area contributed by atoms with Crippen molar-refractivity contribution in [2.24, 2.45) is 0 Å². The summed E-state index contributed by atoms with van der Waals surface area (Å²) >= 11 is 0. The van der Waals surface area contributed by atoms with Crippen LogP contribution in [0.4, 0.5) is 11.4 Å². The van der Waals surface area contributed by atoms with Crippen LogP contribution in [0.5, 0.6) is 0 Å². The quantitative estimate of drug-likeness (QED) is 0.561. The summed E-state index contributed by atoms with van der Waals surface area (Å²) in [6.07, 6.45) is 1.89. The molecule has 0 aliphatic carbocycles. The van der Waals surface area contributed by atoms with Gasteiger partial charge in [-0.25, -0.2) is 0 Å². The Hall–Kier alpha value is -2.82. The Labute approximate surface area is 121 Å². The van der Waals surface area contributed by atoms with Crippen LogP contribution in [0.25, 0.3) is 10.9 Å². The number of nitro groups is 1. The molecule has 0 saturated carbocycles. The Kier molecular flexibility index (Phi) is 3.31. The lowest BCUT2D eigenvalue weighted by atomic mass is 10.1. The second kappa shape index (κ2) is 5.28. The first kappa shape index (κ1) is 13.2. The molecular formula is C16H15N3O2. The number of hydrogen-bond donors (Lipinski definition) is 2. The first-order valence-corrected chi connectivity index (χ1v) is 6.69. The third-order valence-corrected chi connectivity index (χ3v) is 3.50. The van der Waals surface area contributed by atoms with Gasteiger partial charge in [-0.3, -0.25) is 10.1 Å². The third-order valence-electron chi connectivity index (χ3n) is 3.50. The molecule has 0 aliphatic heterocycles. The number of hydrogen-bond acceptors (Lipinski definition) is 3. The van der Waals surface area contributed by atoms with Gasteiger partial charge in [0.1, 0.15) is 5.69 Å². The molecule has 3 aromatic rings. The molecule has 0 saturated heterocycles. The number of nitrogens with zero attached hydrogens (tertiary/aromatic N) is 1. The highest BCUT2D eigenvalue weighted by Crippen LogP contribution is 2.26. The van der Waals surface area contributed by atoms with Crippen LogP contribution in [0.2, 0.25) is 0 Å². The summed E-state index contributed by atoms with van der Waals surface area (Å²) in [5.41, 5.74) is 3.69. The van der Waals surface area contributed by atoms with Gasteiger partial charge in [0.2, 0.25) is 0 Å². The van der Waals surface area contributed by atoms with Crippen LogP contribution < -0.4 is 5.32 Å². The third kappa shape index (κ3) is 2.58. The average Bonchev–Trinajstić information content (AvgIpc) is 2.94. The van der Waals surface area contributed by atoms with Crippen LogP contribution in [0.1, 0.15) is 11.1 Å². The van der Waals surface area contributed by atoms with E-state index in [0.29, 0.717) is 12.2 Å². The zero-order valence-electron chi connectivity index (χ0n) is 11.6. The molecule has 0 fully saturated rings. The molecule has 1 heterocycles. The highest BCUT2D eigenvalue weighted by Gasteiger charge is 2.13. The summed E-state index contributed by atoms with van der Waals surface area (Å²) in [7, 11) is 0. The van der Waals surface area contributed by atoms with E-state index in [1.807, 2.05) is 43.5 Å². The minimum Gasteiger partial charge on any atom is -0.375 e. The fourth-order valence-corrected chi connectivity index (χ4v) is 2.44. The van der Waals surface area contributed by atoms with E-state index in [-0.39, 0.29) is 10.6 Å². The van der Waals surface area contributed by atoms with Gasteiger partial charge in [0, 0.05) is 29.7 Å². The van der Waals surface area contributed by atoms with Gasteiger partial charge >= 0.3 is 0 Å². The average molecular weight is 281 g/mol. The van der Waals surface area contributed by atoms with E-state index in [9.17, 15) is 10.1 Å². The highest BCUT2D eigenvalue weighted by atomic mass is 16.6. The zero-order valence-corrected chi connectivity index (χ0v) is 11.6. The smallest absolute Gasteiger partial charge is 0.292 e. The molecule has 0 radical (unpaired) electrons. The van der Waals surface area contributed by atoms with E-state index in [2.05, 4.69) is 10.3 Å². The van der Waals surface area contributed by atoms with Crippen molar-refractivity contribution in [1.29, 1.82) is 0 Å². The van der Waals surface area contributed by atoms with Gasteiger partial charge in [0.05, 0.1) is 4.92 Å². The predicted molar refractivity (Wildman–Crippen MR) is 83.5 cm³/mol. The molecule has 5 nitrogen and oxygen atoms in total. The first-order valence-electron chi connectivity index (χ1n) is 6.69. The number of aromatic amines is 1. The molecule has 2 aromatic carbocycles. The van der Waals surface area contributed by atoms with Crippen molar-refractivity contribution in [2.75, 3.05) is 5.32 Å². The minimum absolute atomic E-state index is 0.108. The Bertz CT molecular complexity index is 808. The van der Waals surface area contributed by atoms with Gasteiger partial charge in [-0.05, 0) is 36.2 Å². The Balaban J connectivity index is 1.88. The lowest BCUT2D eigenvalue weighted by Crippen LogP contribution is -2.03. The molecule has 0 bridgehead atoms. The molecule has 3 rings (SSSR count). The molecule has 2 N–H and O–H groups in total. The highest BCUT2D eigenvalue weighted by molar-refractivity contribution is 5.83. The van der Waals surface area contributed by atoms with Crippen LogP contribution >= 0.6 is 0 Å². The van der Waals surface area contributed by atoms with Crippen LogP contribution in [0, 0.1) is 17.0 Å². The number of H-pyrrole nitrogens is 1. The number of nitrogens with one attached hydrogen (secondary N) is 2. The molecule has 106 valence electrons. The zero-order chi connectivity index (χ0) is 14.8. The molecule has 1 aromatic heterocycles. The van der Waals surface area contributed by atoms with E-state index < -0.39 is 0 Å². The van der Waals surface area contributed by atoms with Gasteiger partial charge in [-0.15, -0.1) is 0 Å². The normalized spacial score (nSPS) is 10.7. The lowest BCUT2D eigenvalue weighted by Gasteiger charge is -2.09. The van der Waals surface area contributed by atoms with Crippen LogP contribution in [-0.2, 0) is 6.54 Å². The number of nitro benzene ring substituents is 1. The van der Waals surface area contributed by atoms with Crippen LogP contribution in [0.3, 0.4) is 0 Å². The summed E-state index contributed by atoms with van der Waals surface area (Å²) in [6.45, 7) is 2.39. The second-order valence-corrected chi connectivity index (χ2v) is 4.99. The Morgan fingerprint density at radius 2 is 2.10 bits per heavy atom. The molecule has 5 heteroatoms. The standard InChI is InChI=1S/C16H15N3O2/c1-11-5-6-15(16(9-11)19(20)21)18-10-12-3-2-4-14-13(12)7-8-17-14/h2-9,17-18H,10H2,1H3. The lowest BCUT2D eigenvalue weighted by molar-refractivity contribution is -0.384. The number of rotatable bonds is 4. The SMILES string of the molecule is Cc1ccc(NCc2cccc3[nH]ccc23)c([N+](=O)[O-])c1. The van der Waals surface area contributed by atoms with E-state index in [4.69, 9.17) is 0 Å². The van der Waals surface area contributed by atoms with E-state index >= 15 is 0 Å². The summed E-state index contributed by atoms with van der Waals surface area (Å²) in [4.78, 5) is 13.9. The van der Waals surface area contributed by atoms with Gasteiger partial charge in [-0.2, -0.15) is 0 Å². The predicted octanol–water partition coefficient (Wildman–Crippen LogP) is 4.00. The van der Waals surface area contributed by atoms with Crippen molar-refractivity contribution in [3.8, 4) is 0 Å². The number of benzene rings is 2. The van der Waals surface area contributed by atoms with Gasteiger partial charge < -0.3 is 10.3 Å². The number of anilines is 1. The first-order chi connectivity index (χ1) is 10.1. The van der Waals surface area contributed by atoms with E-state index in [1.165, 1.54) is 0 Å². The fraction of sp³-hybridized carbons (Fsp3) is 0.125. The molecule has 0 unspecified atom stereocenters. The van der Waals surface area contributed by atoms with Crippen LogP contribution in [-0.4, -0.2) is 9.91 Å². The molecule has 0 amide bonds. The summed E-state index contributed by atoms with van der Waals surface area (Å²) < 4.78 is 0. The van der Waals surface area contributed by atoms with Crippen molar-refractivity contribution in [1.82, 2.24) is 4.98 Å². The van der Waals surface area contributed by atoms with E-state index in [0.717, 1.165) is 22.0 Å². The van der Waals surface area contributed by atoms with Gasteiger partial charge in [0.25, 0.3) is 5.69 Å². The van der Waals surface area contributed by atoms with Crippen LogP contribution in [0.15, 0.2) is 48.7 Å². The number of fused-ring (bicyclic) bond motifs is 1. The number of aryl methyl sites for hydroxylation is 1. The van der Waals surface area contributed by atoms with Gasteiger partial charge in [0.15, 0.2) is 0 Å². The topological polar surface area (TPSA) is 71.0 Å². The second-order valence-electron chi connectivity index (χ2n) is 4.99. The maximum Gasteiger partial charge on any atom is 0.292 e. The monoisotopic (exact) mass is 281 g/mol. The summed E-state index contributed by atoms with van der Waals surface area (Å²) in [5.74, 6) is 0. The molecule has 0 aliphatic rings. The minimum atomic E-state index is -0.355. The molecule has 0 spiro atoms. The molecule has 0 atom stereocenters. The van der Waals surface area contributed by atoms with Crippen molar-refractivity contribution in [2.45, 2.75) is 13.5 Å². The van der Waals surface area contributed by atoms with Crippen molar-refractivity contribution < 1.29 is 4.92 Å². The van der Waals surface area contributed by atoms with Gasteiger partial charge in [-0.1, -0.05) is 18.2 Å². The van der Waals surface area contributed by atoms with Crippen molar-refractivity contribution in [3.63, 3.8) is 0 Å². The molecule has 21 heavy (non-hydrogen) atoms. The largest absolute Gasteiger partial charge is 0.375 e. The summed E-state index contributed by atoms with van der Waals surface area (Å²) in [5, 5.41) is 15.4. The fourth-order valence-electron chi connectivity index (χ4n) is 2.44. The van der Waals surface area contributed by atoms with Crippen molar-refractivity contribution in [3.05, 3.63) is 69.9 Å². The number of aromatic nitrogens is 1. The Morgan fingerprint density at radius 3 is 2.90 bits per heavy atom.